The van der Waals surface area contributed by atoms with E-state index in [1.54, 1.807) is 13.8 Å². The number of fused-ring (bicyclic) bond motifs is 1. The van der Waals surface area contributed by atoms with Crippen molar-refractivity contribution in [2.75, 3.05) is 39.3 Å². The Labute approximate surface area is 204 Å². The number of hydrogen-bond donors (Lipinski definition) is 2. The van der Waals surface area contributed by atoms with E-state index >= 15 is 0 Å². The number of imide groups is 1. The van der Waals surface area contributed by atoms with E-state index in [1.165, 1.54) is 5.56 Å². The Hall–Kier alpha value is -3.53. The lowest BCUT2D eigenvalue weighted by Gasteiger charge is -2.22. The van der Waals surface area contributed by atoms with E-state index in [0.29, 0.717) is 28.8 Å². The number of aryl methyl sites for hydroxylation is 3. The van der Waals surface area contributed by atoms with Gasteiger partial charge >= 0.3 is 12.0 Å². The van der Waals surface area contributed by atoms with Gasteiger partial charge in [0.2, 0.25) is 0 Å². The van der Waals surface area contributed by atoms with Crippen LogP contribution in [-0.2, 0) is 11.2 Å². The van der Waals surface area contributed by atoms with Crippen LogP contribution in [0.3, 0.4) is 0 Å². The molecule has 2 aliphatic rings. The Morgan fingerprint density at radius 3 is 2.26 bits per heavy atom. The SMILES string of the molecule is Cc1nc(OCC(=O)NC(N)=O)nc(C)c1C(=O)N1CC2CN(CCCc3ccccc3)C[C@H]2C1. The van der Waals surface area contributed by atoms with E-state index in [0.717, 1.165) is 45.6 Å². The van der Waals surface area contributed by atoms with E-state index in [1.807, 2.05) is 16.3 Å². The Morgan fingerprint density at radius 2 is 1.66 bits per heavy atom. The van der Waals surface area contributed by atoms with Gasteiger partial charge in [-0.2, -0.15) is 9.97 Å². The summed E-state index contributed by atoms with van der Waals surface area (Å²) in [7, 11) is 0. The van der Waals surface area contributed by atoms with Gasteiger partial charge in [0, 0.05) is 26.2 Å². The topological polar surface area (TPSA) is 131 Å². The van der Waals surface area contributed by atoms with Gasteiger partial charge in [-0.3, -0.25) is 14.9 Å². The first-order chi connectivity index (χ1) is 16.8. The number of urea groups is 1. The molecule has 2 fully saturated rings. The smallest absolute Gasteiger partial charge is 0.318 e. The molecule has 0 bridgehead atoms. The van der Waals surface area contributed by atoms with Crippen LogP contribution in [-0.4, -0.2) is 76.9 Å². The van der Waals surface area contributed by atoms with Gasteiger partial charge in [0.15, 0.2) is 6.61 Å². The number of carbonyl (C=O) groups is 3. The number of hydrogen-bond acceptors (Lipinski definition) is 7. The molecule has 35 heavy (non-hydrogen) atoms. The summed E-state index contributed by atoms with van der Waals surface area (Å²) in [6, 6.07) is 9.58. The van der Waals surface area contributed by atoms with Crippen LogP contribution in [0.25, 0.3) is 0 Å². The van der Waals surface area contributed by atoms with Crippen molar-refractivity contribution in [3.63, 3.8) is 0 Å². The number of likely N-dealkylation sites (tertiary alicyclic amines) is 2. The van der Waals surface area contributed by atoms with Gasteiger partial charge < -0.3 is 20.3 Å². The fourth-order valence-electron chi connectivity index (χ4n) is 5.11. The molecule has 2 saturated heterocycles. The Kier molecular flexibility index (Phi) is 7.60. The summed E-state index contributed by atoms with van der Waals surface area (Å²) < 4.78 is 5.25. The van der Waals surface area contributed by atoms with Crippen molar-refractivity contribution < 1.29 is 19.1 Å². The molecule has 0 radical (unpaired) electrons. The van der Waals surface area contributed by atoms with Crippen molar-refractivity contribution in [2.24, 2.45) is 17.6 Å². The van der Waals surface area contributed by atoms with Crippen LogP contribution in [0.5, 0.6) is 6.01 Å². The first kappa shape index (κ1) is 24.6. The molecule has 1 aromatic heterocycles. The van der Waals surface area contributed by atoms with Gasteiger partial charge in [0.25, 0.3) is 11.8 Å². The second-order valence-electron chi connectivity index (χ2n) is 9.33. The molecule has 10 nitrogen and oxygen atoms in total. The normalized spacial score (nSPS) is 19.4. The number of primary amides is 1. The lowest BCUT2D eigenvalue weighted by atomic mass is 10.0. The van der Waals surface area contributed by atoms with Gasteiger partial charge in [-0.15, -0.1) is 0 Å². The third-order valence-electron chi connectivity index (χ3n) is 6.69. The maximum atomic E-state index is 13.3. The zero-order valence-corrected chi connectivity index (χ0v) is 20.2. The molecule has 2 aliphatic heterocycles. The molecule has 10 heteroatoms. The molecule has 3 N–H and O–H groups in total. The molecule has 0 spiro atoms. The minimum atomic E-state index is -0.960. The summed E-state index contributed by atoms with van der Waals surface area (Å²) in [6.07, 6.45) is 2.23. The summed E-state index contributed by atoms with van der Waals surface area (Å²) in [5, 5.41) is 1.91. The fraction of sp³-hybridized carbons (Fsp3) is 0.480. The molecule has 3 heterocycles. The maximum absolute atomic E-state index is 13.3. The van der Waals surface area contributed by atoms with Gasteiger partial charge in [-0.05, 0) is 50.6 Å². The van der Waals surface area contributed by atoms with Crippen molar-refractivity contribution in [1.29, 1.82) is 0 Å². The number of amides is 4. The number of rotatable bonds is 8. The molecular weight excluding hydrogens is 448 g/mol. The molecule has 4 amide bonds. The average molecular weight is 481 g/mol. The van der Waals surface area contributed by atoms with Gasteiger partial charge in [-0.1, -0.05) is 30.3 Å². The highest BCUT2D eigenvalue weighted by molar-refractivity contribution is 5.96. The third-order valence-corrected chi connectivity index (χ3v) is 6.69. The van der Waals surface area contributed by atoms with Crippen LogP contribution < -0.4 is 15.8 Å². The quantitative estimate of drug-likeness (QED) is 0.582. The molecule has 1 aromatic carbocycles. The fourth-order valence-corrected chi connectivity index (χ4v) is 5.11. The van der Waals surface area contributed by atoms with Crippen LogP contribution in [0.15, 0.2) is 30.3 Å². The lowest BCUT2D eigenvalue weighted by molar-refractivity contribution is -0.122. The van der Waals surface area contributed by atoms with Crippen LogP contribution in [0.4, 0.5) is 4.79 Å². The number of nitrogens with zero attached hydrogens (tertiary/aromatic N) is 4. The van der Waals surface area contributed by atoms with Crippen molar-refractivity contribution in [3.8, 4) is 6.01 Å². The summed E-state index contributed by atoms with van der Waals surface area (Å²) in [5.41, 5.74) is 7.74. The number of carbonyl (C=O) groups excluding carboxylic acids is 3. The molecule has 1 unspecified atom stereocenters. The summed E-state index contributed by atoms with van der Waals surface area (Å²) >= 11 is 0. The van der Waals surface area contributed by atoms with Crippen molar-refractivity contribution in [3.05, 3.63) is 52.8 Å². The first-order valence-electron chi connectivity index (χ1n) is 11.9. The molecule has 186 valence electrons. The molecule has 2 atom stereocenters. The van der Waals surface area contributed by atoms with Gasteiger partial charge in [0.05, 0.1) is 17.0 Å². The Morgan fingerprint density at radius 1 is 1.03 bits per heavy atom. The number of aromatic nitrogens is 2. The lowest BCUT2D eigenvalue weighted by Crippen LogP contribution is -2.38. The largest absolute Gasteiger partial charge is 0.453 e. The summed E-state index contributed by atoms with van der Waals surface area (Å²) in [6.45, 7) is 7.61. The zero-order chi connectivity index (χ0) is 24.9. The molecular formula is C25H32N6O4. The van der Waals surface area contributed by atoms with E-state index < -0.39 is 18.5 Å². The van der Waals surface area contributed by atoms with Crippen LogP contribution in [0, 0.1) is 25.7 Å². The Balaban J connectivity index is 1.28. The minimum Gasteiger partial charge on any atom is -0.453 e. The summed E-state index contributed by atoms with van der Waals surface area (Å²) in [4.78, 5) is 48.5. The molecule has 2 aromatic rings. The highest BCUT2D eigenvalue weighted by Gasteiger charge is 2.42. The van der Waals surface area contributed by atoms with E-state index in [9.17, 15) is 14.4 Å². The predicted molar refractivity (Wildman–Crippen MR) is 129 cm³/mol. The second-order valence-corrected chi connectivity index (χ2v) is 9.33. The molecule has 0 saturated carbocycles. The Bertz CT molecular complexity index is 1060. The second kappa shape index (κ2) is 10.8. The highest BCUT2D eigenvalue weighted by Crippen LogP contribution is 2.32. The zero-order valence-electron chi connectivity index (χ0n) is 20.2. The number of benzene rings is 1. The standard InChI is InChI=1S/C25H32N6O4/c1-16-22(17(2)28-25(27-16)35-15-21(32)29-24(26)34)23(33)31-13-19-11-30(12-20(19)14-31)10-6-9-18-7-4-3-5-8-18/h3-5,7-8,19-20H,6,9-15H2,1-2H3,(H3,26,29,32,34)/t19-,20?/m0/s1. The van der Waals surface area contributed by atoms with Gasteiger partial charge in [-0.25, -0.2) is 4.79 Å². The minimum absolute atomic E-state index is 0.0272. The van der Waals surface area contributed by atoms with Crippen molar-refractivity contribution in [1.82, 2.24) is 25.1 Å². The van der Waals surface area contributed by atoms with Crippen molar-refractivity contribution >= 4 is 17.8 Å². The van der Waals surface area contributed by atoms with Crippen molar-refractivity contribution in [2.45, 2.75) is 26.7 Å². The average Bonchev–Trinajstić information content (AvgIpc) is 3.36. The summed E-state index contributed by atoms with van der Waals surface area (Å²) in [5.74, 6) is 0.212. The third kappa shape index (κ3) is 6.13. The maximum Gasteiger partial charge on any atom is 0.318 e. The highest BCUT2D eigenvalue weighted by atomic mass is 16.5. The van der Waals surface area contributed by atoms with E-state index in [4.69, 9.17) is 10.5 Å². The number of nitrogens with two attached hydrogens (primary N) is 1. The van der Waals surface area contributed by atoms with Crippen LogP contribution in [0.2, 0.25) is 0 Å². The number of nitrogens with one attached hydrogen (secondary N) is 1. The van der Waals surface area contributed by atoms with E-state index in [-0.39, 0.29) is 11.9 Å². The van der Waals surface area contributed by atoms with E-state index in [2.05, 4.69) is 39.1 Å². The molecule has 4 rings (SSSR count). The number of ether oxygens (including phenoxy) is 1. The first-order valence-corrected chi connectivity index (χ1v) is 11.9. The van der Waals surface area contributed by atoms with Crippen LogP contribution >= 0.6 is 0 Å². The monoisotopic (exact) mass is 480 g/mol. The van der Waals surface area contributed by atoms with Gasteiger partial charge in [0.1, 0.15) is 0 Å². The predicted octanol–water partition coefficient (Wildman–Crippen LogP) is 1.30. The van der Waals surface area contributed by atoms with Crippen LogP contribution in [0.1, 0.15) is 33.7 Å². The molecule has 0 aliphatic carbocycles.